The van der Waals surface area contributed by atoms with Crippen molar-refractivity contribution in [3.05, 3.63) is 18.2 Å². The number of hydrogen-bond donors (Lipinski definition) is 1. The van der Waals surface area contributed by atoms with Crippen molar-refractivity contribution in [1.82, 2.24) is 0 Å². The van der Waals surface area contributed by atoms with Gasteiger partial charge < -0.3 is 14.8 Å². The number of anilines is 1. The third-order valence-corrected chi connectivity index (χ3v) is 3.44. The predicted octanol–water partition coefficient (Wildman–Crippen LogP) is 2.73. The van der Waals surface area contributed by atoms with E-state index in [1.165, 1.54) is 19.3 Å². The summed E-state index contributed by atoms with van der Waals surface area (Å²) in [5, 5.41) is 2.79. The second kappa shape index (κ2) is 4.88. The number of benzene rings is 1. The van der Waals surface area contributed by atoms with E-state index in [1.807, 2.05) is 18.2 Å². The van der Waals surface area contributed by atoms with Gasteiger partial charge in [-0.3, -0.25) is 4.79 Å². The molecule has 0 spiro atoms. The van der Waals surface area contributed by atoms with Gasteiger partial charge in [-0.1, -0.05) is 6.42 Å². The molecule has 1 aromatic carbocycles. The normalized spacial score (nSPS) is 19.7. The highest BCUT2D eigenvalue weighted by molar-refractivity contribution is 5.95. The summed E-state index contributed by atoms with van der Waals surface area (Å²) in [6.07, 6.45) is 6.37. The van der Waals surface area contributed by atoms with Crippen LogP contribution in [0.15, 0.2) is 18.2 Å². The molecule has 0 unspecified atom stereocenters. The number of amides is 1. The molecule has 3 rings (SSSR count). The standard InChI is InChI=1S/C14H17NO3/c16-14-9-17-13-7-6-11(8-12(13)15-14)18-10-4-2-1-3-5-10/h6-8,10H,1-5,9H2,(H,15,16). The molecule has 0 bridgehead atoms. The SMILES string of the molecule is O=C1COc2ccc(OC3CCCCC3)cc2N1. The Bertz CT molecular complexity index is 452. The van der Waals surface area contributed by atoms with E-state index in [9.17, 15) is 4.79 Å². The fourth-order valence-electron chi connectivity index (χ4n) is 2.51. The first-order chi connectivity index (χ1) is 8.81. The molecular weight excluding hydrogens is 230 g/mol. The molecule has 18 heavy (non-hydrogen) atoms. The molecule has 0 aromatic heterocycles. The van der Waals surface area contributed by atoms with E-state index in [2.05, 4.69) is 5.32 Å². The van der Waals surface area contributed by atoms with Gasteiger partial charge in [0.25, 0.3) is 5.91 Å². The van der Waals surface area contributed by atoms with Gasteiger partial charge in [-0.15, -0.1) is 0 Å². The van der Waals surface area contributed by atoms with E-state index in [-0.39, 0.29) is 12.5 Å². The van der Waals surface area contributed by atoms with Crippen molar-refractivity contribution in [1.29, 1.82) is 0 Å². The molecule has 0 atom stereocenters. The van der Waals surface area contributed by atoms with E-state index < -0.39 is 0 Å². The molecule has 1 heterocycles. The Labute approximate surface area is 106 Å². The van der Waals surface area contributed by atoms with Crippen LogP contribution in [0.2, 0.25) is 0 Å². The number of nitrogens with one attached hydrogen (secondary N) is 1. The number of rotatable bonds is 2. The highest BCUT2D eigenvalue weighted by Crippen LogP contribution is 2.33. The largest absolute Gasteiger partial charge is 0.490 e. The number of hydrogen-bond acceptors (Lipinski definition) is 3. The van der Waals surface area contributed by atoms with Crippen LogP contribution >= 0.6 is 0 Å². The van der Waals surface area contributed by atoms with Crippen molar-refractivity contribution < 1.29 is 14.3 Å². The molecule has 1 aromatic rings. The Hall–Kier alpha value is -1.71. The summed E-state index contributed by atoms with van der Waals surface area (Å²) < 4.78 is 11.3. The smallest absolute Gasteiger partial charge is 0.262 e. The zero-order valence-electron chi connectivity index (χ0n) is 10.3. The molecule has 4 heteroatoms. The molecule has 96 valence electrons. The van der Waals surface area contributed by atoms with Gasteiger partial charge in [0.05, 0.1) is 11.8 Å². The molecule has 2 aliphatic rings. The first kappa shape index (κ1) is 11.4. The number of fused-ring (bicyclic) bond motifs is 1. The van der Waals surface area contributed by atoms with Crippen LogP contribution in [0.1, 0.15) is 32.1 Å². The third-order valence-electron chi connectivity index (χ3n) is 3.44. The first-order valence-electron chi connectivity index (χ1n) is 6.54. The van der Waals surface area contributed by atoms with Crippen molar-refractivity contribution >= 4 is 11.6 Å². The zero-order chi connectivity index (χ0) is 12.4. The van der Waals surface area contributed by atoms with Crippen LogP contribution in [-0.4, -0.2) is 18.6 Å². The van der Waals surface area contributed by atoms with E-state index in [0.29, 0.717) is 17.5 Å². The second-order valence-corrected chi connectivity index (χ2v) is 4.87. The summed E-state index contributed by atoms with van der Waals surface area (Å²) in [6.45, 7) is 0.0931. The highest BCUT2D eigenvalue weighted by Gasteiger charge is 2.18. The van der Waals surface area contributed by atoms with Crippen LogP contribution in [0.3, 0.4) is 0 Å². The van der Waals surface area contributed by atoms with E-state index >= 15 is 0 Å². The summed E-state index contributed by atoms with van der Waals surface area (Å²) in [5.41, 5.74) is 0.708. The Morgan fingerprint density at radius 1 is 1.22 bits per heavy atom. The van der Waals surface area contributed by atoms with Crippen LogP contribution in [0, 0.1) is 0 Å². The maximum atomic E-state index is 11.3. The van der Waals surface area contributed by atoms with Crippen molar-refractivity contribution in [3.63, 3.8) is 0 Å². The lowest BCUT2D eigenvalue weighted by molar-refractivity contribution is -0.118. The van der Waals surface area contributed by atoms with Crippen LogP contribution in [0.4, 0.5) is 5.69 Å². The topological polar surface area (TPSA) is 47.6 Å². The lowest BCUT2D eigenvalue weighted by Gasteiger charge is -2.24. The summed E-state index contributed by atoms with van der Waals surface area (Å²) in [5.74, 6) is 1.41. The molecule has 0 saturated heterocycles. The minimum absolute atomic E-state index is 0.0931. The van der Waals surface area contributed by atoms with Crippen LogP contribution < -0.4 is 14.8 Å². The Balaban J connectivity index is 1.73. The second-order valence-electron chi connectivity index (χ2n) is 4.87. The monoisotopic (exact) mass is 247 g/mol. The summed E-state index contributed by atoms with van der Waals surface area (Å²) >= 11 is 0. The van der Waals surface area contributed by atoms with Crippen molar-refractivity contribution in [2.75, 3.05) is 11.9 Å². The molecule has 0 radical (unpaired) electrons. The maximum Gasteiger partial charge on any atom is 0.262 e. The molecule has 1 amide bonds. The summed E-state index contributed by atoms with van der Waals surface area (Å²) in [6, 6.07) is 5.61. The van der Waals surface area contributed by atoms with Crippen molar-refractivity contribution in [3.8, 4) is 11.5 Å². The third kappa shape index (κ3) is 2.42. The Morgan fingerprint density at radius 3 is 2.89 bits per heavy atom. The van der Waals surface area contributed by atoms with Gasteiger partial charge in [-0.05, 0) is 37.8 Å². The summed E-state index contributed by atoms with van der Waals surface area (Å²) in [7, 11) is 0. The van der Waals surface area contributed by atoms with Crippen molar-refractivity contribution in [2.24, 2.45) is 0 Å². The van der Waals surface area contributed by atoms with Gasteiger partial charge in [0.2, 0.25) is 0 Å². The Morgan fingerprint density at radius 2 is 2.06 bits per heavy atom. The van der Waals surface area contributed by atoms with Gasteiger partial charge in [0.1, 0.15) is 11.5 Å². The molecular formula is C14H17NO3. The first-order valence-corrected chi connectivity index (χ1v) is 6.54. The van der Waals surface area contributed by atoms with E-state index in [4.69, 9.17) is 9.47 Å². The molecule has 1 aliphatic carbocycles. The van der Waals surface area contributed by atoms with Crippen molar-refractivity contribution in [2.45, 2.75) is 38.2 Å². The molecule has 1 saturated carbocycles. The number of ether oxygens (including phenoxy) is 2. The summed E-state index contributed by atoms with van der Waals surface area (Å²) in [4.78, 5) is 11.3. The molecule has 1 fully saturated rings. The minimum atomic E-state index is -0.114. The number of carbonyl (C=O) groups excluding carboxylic acids is 1. The van der Waals surface area contributed by atoms with E-state index in [1.54, 1.807) is 0 Å². The fourth-order valence-corrected chi connectivity index (χ4v) is 2.51. The lowest BCUT2D eigenvalue weighted by atomic mass is 9.98. The van der Waals surface area contributed by atoms with Crippen LogP contribution in [0.5, 0.6) is 11.5 Å². The van der Waals surface area contributed by atoms with Gasteiger partial charge in [0, 0.05) is 6.07 Å². The van der Waals surface area contributed by atoms with Crippen LogP contribution in [0.25, 0.3) is 0 Å². The predicted molar refractivity (Wildman–Crippen MR) is 68.1 cm³/mol. The number of carbonyl (C=O) groups is 1. The zero-order valence-corrected chi connectivity index (χ0v) is 10.3. The van der Waals surface area contributed by atoms with Crippen LogP contribution in [-0.2, 0) is 4.79 Å². The Kier molecular flexibility index (Phi) is 3.09. The molecule has 1 N–H and O–H groups in total. The fraction of sp³-hybridized carbons (Fsp3) is 0.500. The highest BCUT2D eigenvalue weighted by atomic mass is 16.5. The molecule has 4 nitrogen and oxygen atoms in total. The van der Waals surface area contributed by atoms with Gasteiger partial charge >= 0.3 is 0 Å². The van der Waals surface area contributed by atoms with Gasteiger partial charge in [-0.2, -0.15) is 0 Å². The molecule has 1 aliphatic heterocycles. The average Bonchev–Trinajstić information content (AvgIpc) is 2.39. The minimum Gasteiger partial charge on any atom is -0.490 e. The van der Waals surface area contributed by atoms with Gasteiger partial charge in [0.15, 0.2) is 6.61 Å². The van der Waals surface area contributed by atoms with E-state index in [0.717, 1.165) is 18.6 Å². The van der Waals surface area contributed by atoms with Gasteiger partial charge in [-0.25, -0.2) is 0 Å². The average molecular weight is 247 g/mol. The lowest BCUT2D eigenvalue weighted by Crippen LogP contribution is -2.25. The quantitative estimate of drug-likeness (QED) is 0.874. The maximum absolute atomic E-state index is 11.3.